The molecule has 0 aliphatic carbocycles. The number of aromatic nitrogens is 4. The number of rotatable bonds is 7. The van der Waals surface area contributed by atoms with Gasteiger partial charge in [0.05, 0.1) is 16.8 Å². The molecule has 3 aromatic heterocycles. The Morgan fingerprint density at radius 1 is 1.03 bits per heavy atom. The Bertz CT molecular complexity index is 1420. The summed E-state index contributed by atoms with van der Waals surface area (Å²) < 4.78 is 23.2. The maximum atomic E-state index is 12.2. The van der Waals surface area contributed by atoms with Gasteiger partial charge < -0.3 is 10.6 Å². The Labute approximate surface area is 191 Å². The molecule has 4 rings (SSSR count). The van der Waals surface area contributed by atoms with E-state index in [2.05, 4.69) is 30.6 Å². The zero-order valence-electron chi connectivity index (χ0n) is 18.1. The van der Waals surface area contributed by atoms with Crippen LogP contribution in [0.5, 0.6) is 0 Å². The van der Waals surface area contributed by atoms with Crippen molar-refractivity contribution in [3.8, 4) is 11.3 Å². The highest BCUT2D eigenvalue weighted by Crippen LogP contribution is 2.22. The van der Waals surface area contributed by atoms with Crippen LogP contribution in [0.1, 0.15) is 15.9 Å². The monoisotopic (exact) mass is 462 g/mol. The summed E-state index contributed by atoms with van der Waals surface area (Å²) in [6.45, 7) is 0.590. The van der Waals surface area contributed by atoms with E-state index in [0.29, 0.717) is 35.6 Å². The molecule has 10 heteroatoms. The summed E-state index contributed by atoms with van der Waals surface area (Å²) in [7, 11) is -1.75. The van der Waals surface area contributed by atoms with Crippen molar-refractivity contribution in [2.45, 2.75) is 11.4 Å². The minimum absolute atomic E-state index is 0.0157. The number of hydrogen-bond donors (Lipinski definition) is 2. The summed E-state index contributed by atoms with van der Waals surface area (Å²) in [6.07, 6.45) is 6.35. The predicted octanol–water partition coefficient (Wildman–Crippen LogP) is 2.50. The van der Waals surface area contributed by atoms with Crippen LogP contribution in [-0.2, 0) is 16.3 Å². The molecule has 33 heavy (non-hydrogen) atoms. The van der Waals surface area contributed by atoms with Crippen LogP contribution in [0.3, 0.4) is 0 Å². The summed E-state index contributed by atoms with van der Waals surface area (Å²) in [4.78, 5) is 29.2. The lowest BCUT2D eigenvalue weighted by Gasteiger charge is -2.10. The summed E-state index contributed by atoms with van der Waals surface area (Å²) in [6, 6.07) is 12.4. The van der Waals surface area contributed by atoms with E-state index >= 15 is 0 Å². The lowest BCUT2D eigenvalue weighted by Crippen LogP contribution is -2.18. The van der Waals surface area contributed by atoms with Crippen molar-refractivity contribution >= 4 is 32.5 Å². The first-order valence-electron chi connectivity index (χ1n) is 10.2. The number of fused-ring (bicyclic) bond motifs is 1. The normalized spacial score (nSPS) is 11.3. The van der Waals surface area contributed by atoms with Crippen LogP contribution >= 0.6 is 0 Å². The van der Waals surface area contributed by atoms with E-state index in [-0.39, 0.29) is 10.9 Å². The third-order valence-corrected chi connectivity index (χ3v) is 6.11. The number of pyridine rings is 2. The maximum absolute atomic E-state index is 12.2. The van der Waals surface area contributed by atoms with Crippen LogP contribution in [0, 0.1) is 0 Å². The van der Waals surface area contributed by atoms with Crippen molar-refractivity contribution in [2.24, 2.45) is 0 Å². The topological polar surface area (TPSA) is 127 Å². The molecule has 0 aliphatic heterocycles. The van der Waals surface area contributed by atoms with Crippen LogP contribution < -0.4 is 10.6 Å². The van der Waals surface area contributed by atoms with Gasteiger partial charge in [-0.1, -0.05) is 18.2 Å². The number of sulfone groups is 1. The first kappa shape index (κ1) is 22.3. The first-order chi connectivity index (χ1) is 15.9. The number of amides is 1. The van der Waals surface area contributed by atoms with Crippen molar-refractivity contribution in [2.75, 3.05) is 25.2 Å². The Hall–Kier alpha value is -3.92. The second-order valence-corrected chi connectivity index (χ2v) is 9.34. The summed E-state index contributed by atoms with van der Waals surface area (Å²) in [5.41, 5.74) is 3.71. The molecule has 1 amide bonds. The van der Waals surface area contributed by atoms with E-state index in [1.807, 2.05) is 18.2 Å². The average Bonchev–Trinajstić information content (AvgIpc) is 2.83. The molecule has 0 atom stereocenters. The molecule has 0 unspecified atom stereocenters. The molecule has 2 N–H and O–H groups in total. The fourth-order valence-electron chi connectivity index (χ4n) is 3.46. The van der Waals surface area contributed by atoms with Gasteiger partial charge in [0.2, 0.25) is 0 Å². The number of nitrogens with zero attached hydrogens (tertiary/aromatic N) is 4. The largest absolute Gasteiger partial charge is 0.370 e. The van der Waals surface area contributed by atoms with Crippen molar-refractivity contribution in [3.63, 3.8) is 0 Å². The van der Waals surface area contributed by atoms with Gasteiger partial charge in [-0.05, 0) is 30.2 Å². The highest BCUT2D eigenvalue weighted by atomic mass is 32.2. The second kappa shape index (κ2) is 9.29. The lowest BCUT2D eigenvalue weighted by molar-refractivity contribution is 0.0964. The molecule has 0 saturated heterocycles. The van der Waals surface area contributed by atoms with Crippen LogP contribution in [0.4, 0.5) is 5.82 Å². The molecule has 0 radical (unpaired) electrons. The van der Waals surface area contributed by atoms with Gasteiger partial charge in [-0.25, -0.2) is 23.4 Å². The van der Waals surface area contributed by atoms with Gasteiger partial charge in [-0.3, -0.25) is 9.78 Å². The molecular formula is C23H22N6O3S. The van der Waals surface area contributed by atoms with Gasteiger partial charge in [-0.2, -0.15) is 0 Å². The fourth-order valence-corrected chi connectivity index (χ4v) is 4.02. The Balaban J connectivity index is 1.49. The van der Waals surface area contributed by atoms with Crippen LogP contribution in [0.15, 0.2) is 66.2 Å². The highest BCUT2D eigenvalue weighted by molar-refractivity contribution is 7.90. The number of hydrogen-bond acceptors (Lipinski definition) is 8. The standard InChI is InChI=1S/C23H22N6O3S/c1-24-23(30)18-9-11-26-22-15(4-3-5-17(18)22)8-10-25-20-12-19(28-14-29-20)16-6-7-21(27-13-16)33(2,31)32/h3-7,9,11-14H,8,10H2,1-2H3,(H,24,30)(H,25,28,29). The van der Waals surface area contributed by atoms with Gasteiger partial charge >= 0.3 is 0 Å². The third kappa shape index (κ3) is 4.96. The zero-order valence-corrected chi connectivity index (χ0v) is 18.9. The molecule has 168 valence electrons. The highest BCUT2D eigenvalue weighted by Gasteiger charge is 2.12. The Morgan fingerprint density at radius 3 is 2.61 bits per heavy atom. The average molecular weight is 463 g/mol. The van der Waals surface area contributed by atoms with E-state index in [0.717, 1.165) is 22.7 Å². The minimum Gasteiger partial charge on any atom is -0.370 e. The minimum atomic E-state index is -3.36. The Morgan fingerprint density at radius 2 is 1.88 bits per heavy atom. The molecule has 0 aliphatic rings. The first-order valence-corrected chi connectivity index (χ1v) is 12.1. The molecule has 0 saturated carbocycles. The van der Waals surface area contributed by atoms with Crippen molar-refractivity contribution in [1.82, 2.24) is 25.3 Å². The molecule has 4 aromatic rings. The molecule has 0 fully saturated rings. The van der Waals surface area contributed by atoms with Gasteiger partial charge in [0, 0.05) is 49.3 Å². The summed E-state index contributed by atoms with van der Waals surface area (Å²) >= 11 is 0. The number of para-hydroxylation sites is 1. The number of nitrogens with one attached hydrogen (secondary N) is 2. The Kier molecular flexibility index (Phi) is 6.27. The van der Waals surface area contributed by atoms with Gasteiger partial charge in [-0.15, -0.1) is 0 Å². The summed E-state index contributed by atoms with van der Waals surface area (Å²) in [5, 5.41) is 6.76. The maximum Gasteiger partial charge on any atom is 0.251 e. The molecule has 3 heterocycles. The van der Waals surface area contributed by atoms with Gasteiger partial charge in [0.1, 0.15) is 12.1 Å². The number of carbonyl (C=O) groups is 1. The van der Waals surface area contributed by atoms with Gasteiger partial charge in [0.25, 0.3) is 5.91 Å². The number of anilines is 1. The van der Waals surface area contributed by atoms with Crippen molar-refractivity contribution in [1.29, 1.82) is 0 Å². The number of benzene rings is 1. The van der Waals surface area contributed by atoms with Crippen LogP contribution in [-0.4, -0.2) is 54.1 Å². The smallest absolute Gasteiger partial charge is 0.251 e. The van der Waals surface area contributed by atoms with E-state index in [1.165, 1.54) is 18.6 Å². The number of carbonyl (C=O) groups excluding carboxylic acids is 1. The van der Waals surface area contributed by atoms with E-state index < -0.39 is 9.84 Å². The molecule has 1 aromatic carbocycles. The molecular weight excluding hydrogens is 440 g/mol. The third-order valence-electron chi connectivity index (χ3n) is 5.11. The van der Waals surface area contributed by atoms with E-state index in [1.54, 1.807) is 31.4 Å². The quantitative estimate of drug-likeness (QED) is 0.429. The molecule has 9 nitrogen and oxygen atoms in total. The molecule has 0 spiro atoms. The van der Waals surface area contributed by atoms with E-state index in [9.17, 15) is 13.2 Å². The van der Waals surface area contributed by atoms with Crippen LogP contribution in [0.25, 0.3) is 22.2 Å². The van der Waals surface area contributed by atoms with Crippen molar-refractivity contribution in [3.05, 3.63) is 72.3 Å². The van der Waals surface area contributed by atoms with Crippen molar-refractivity contribution < 1.29 is 13.2 Å². The SMILES string of the molecule is CNC(=O)c1ccnc2c(CCNc3cc(-c4ccc(S(C)(=O)=O)nc4)ncn3)cccc12. The predicted molar refractivity (Wildman–Crippen MR) is 126 cm³/mol. The van der Waals surface area contributed by atoms with Crippen LogP contribution in [0.2, 0.25) is 0 Å². The summed E-state index contributed by atoms with van der Waals surface area (Å²) in [5.74, 6) is 0.483. The zero-order chi connectivity index (χ0) is 23.4. The molecule has 0 bridgehead atoms. The second-order valence-electron chi connectivity index (χ2n) is 7.37. The fraction of sp³-hybridized carbons (Fsp3) is 0.174. The lowest BCUT2D eigenvalue weighted by atomic mass is 10.0. The van der Waals surface area contributed by atoms with Gasteiger partial charge in [0.15, 0.2) is 14.9 Å². The van der Waals surface area contributed by atoms with E-state index in [4.69, 9.17) is 0 Å².